The third kappa shape index (κ3) is 2.97. The molecule has 0 radical (unpaired) electrons. The van der Waals surface area contributed by atoms with Gasteiger partial charge in [0.05, 0.1) is 30.6 Å². The monoisotopic (exact) mass is 305 g/mol. The van der Waals surface area contributed by atoms with Crippen LogP contribution in [0.3, 0.4) is 0 Å². The molecular formula is C19H19N3O. The number of hydrogen-bond donors (Lipinski definition) is 0. The van der Waals surface area contributed by atoms with Gasteiger partial charge in [0.15, 0.2) is 0 Å². The van der Waals surface area contributed by atoms with Crippen LogP contribution < -0.4 is 4.90 Å². The number of furan rings is 1. The van der Waals surface area contributed by atoms with Gasteiger partial charge in [0, 0.05) is 18.7 Å². The molecule has 1 saturated heterocycles. The Kier molecular flexibility index (Phi) is 3.80. The highest BCUT2D eigenvalue weighted by atomic mass is 16.3. The molecule has 1 fully saturated rings. The summed E-state index contributed by atoms with van der Waals surface area (Å²) in [5, 5.41) is 0. The summed E-state index contributed by atoms with van der Waals surface area (Å²) >= 11 is 0. The Bertz CT molecular complexity index is 747. The van der Waals surface area contributed by atoms with Gasteiger partial charge >= 0.3 is 0 Å². The van der Waals surface area contributed by atoms with E-state index in [1.54, 1.807) is 18.7 Å². The Morgan fingerprint density at radius 1 is 1.00 bits per heavy atom. The summed E-state index contributed by atoms with van der Waals surface area (Å²) in [6.07, 6.45) is 9.31. The average Bonchev–Trinajstić information content (AvgIpc) is 3.18. The summed E-state index contributed by atoms with van der Waals surface area (Å²) < 4.78 is 5.14. The van der Waals surface area contributed by atoms with E-state index < -0.39 is 0 Å². The van der Waals surface area contributed by atoms with Crippen molar-refractivity contribution in [3.8, 4) is 11.3 Å². The zero-order valence-corrected chi connectivity index (χ0v) is 12.9. The number of benzene rings is 1. The summed E-state index contributed by atoms with van der Waals surface area (Å²) in [6, 6.07) is 12.7. The fourth-order valence-electron chi connectivity index (χ4n) is 3.22. The predicted molar refractivity (Wildman–Crippen MR) is 90.4 cm³/mol. The molecule has 4 rings (SSSR count). The lowest BCUT2D eigenvalue weighted by Gasteiger charge is -2.33. The zero-order chi connectivity index (χ0) is 15.5. The van der Waals surface area contributed by atoms with Crippen molar-refractivity contribution in [1.29, 1.82) is 0 Å². The third-order valence-corrected chi connectivity index (χ3v) is 4.53. The van der Waals surface area contributed by atoms with Gasteiger partial charge in [-0.2, -0.15) is 0 Å². The molecule has 0 saturated carbocycles. The van der Waals surface area contributed by atoms with Crippen molar-refractivity contribution in [3.05, 3.63) is 66.9 Å². The number of anilines is 1. The molecule has 1 aliphatic heterocycles. The maximum absolute atomic E-state index is 5.14. The first-order chi connectivity index (χ1) is 11.4. The first-order valence-corrected chi connectivity index (χ1v) is 8.04. The Labute approximate surface area is 135 Å². The van der Waals surface area contributed by atoms with Crippen LogP contribution in [-0.2, 0) is 0 Å². The van der Waals surface area contributed by atoms with Crippen LogP contribution in [0, 0.1) is 0 Å². The van der Waals surface area contributed by atoms with Gasteiger partial charge in [0.2, 0.25) is 0 Å². The lowest BCUT2D eigenvalue weighted by molar-refractivity contribution is 0.502. The molecule has 3 aromatic rings. The first-order valence-electron chi connectivity index (χ1n) is 8.04. The van der Waals surface area contributed by atoms with E-state index in [4.69, 9.17) is 9.40 Å². The van der Waals surface area contributed by atoms with Gasteiger partial charge in [-0.3, -0.25) is 4.98 Å². The van der Waals surface area contributed by atoms with Crippen molar-refractivity contribution >= 4 is 5.82 Å². The fraction of sp³-hybridized carbons (Fsp3) is 0.263. The second-order valence-corrected chi connectivity index (χ2v) is 5.95. The van der Waals surface area contributed by atoms with Crippen LogP contribution in [0.25, 0.3) is 11.3 Å². The molecule has 4 nitrogen and oxygen atoms in total. The van der Waals surface area contributed by atoms with Crippen LogP contribution in [0.1, 0.15) is 24.3 Å². The molecule has 1 aromatic carbocycles. The van der Waals surface area contributed by atoms with Crippen LogP contribution >= 0.6 is 0 Å². The number of piperidine rings is 1. The molecule has 0 atom stereocenters. The molecule has 0 N–H and O–H groups in total. The van der Waals surface area contributed by atoms with Crippen molar-refractivity contribution in [2.45, 2.75) is 18.8 Å². The molecule has 3 heterocycles. The molecular weight excluding hydrogens is 286 g/mol. The summed E-state index contributed by atoms with van der Waals surface area (Å²) in [7, 11) is 0. The minimum Gasteiger partial charge on any atom is -0.472 e. The van der Waals surface area contributed by atoms with Crippen molar-refractivity contribution < 1.29 is 4.42 Å². The van der Waals surface area contributed by atoms with Crippen LogP contribution in [0.5, 0.6) is 0 Å². The van der Waals surface area contributed by atoms with Crippen LogP contribution in [0.2, 0.25) is 0 Å². The molecule has 0 spiro atoms. The Morgan fingerprint density at radius 3 is 2.57 bits per heavy atom. The highest BCUT2D eigenvalue weighted by molar-refractivity contribution is 5.58. The maximum Gasteiger partial charge on any atom is 0.147 e. The average molecular weight is 305 g/mol. The lowest BCUT2D eigenvalue weighted by Crippen LogP contribution is -2.33. The molecule has 2 aromatic heterocycles. The quantitative estimate of drug-likeness (QED) is 0.730. The van der Waals surface area contributed by atoms with Crippen LogP contribution in [0.15, 0.2) is 65.7 Å². The van der Waals surface area contributed by atoms with E-state index in [1.165, 1.54) is 5.56 Å². The smallest absolute Gasteiger partial charge is 0.147 e. The Hall–Kier alpha value is -2.62. The van der Waals surface area contributed by atoms with Gasteiger partial charge in [0.25, 0.3) is 0 Å². The number of nitrogens with zero attached hydrogens (tertiary/aromatic N) is 3. The minimum absolute atomic E-state index is 0.650. The van der Waals surface area contributed by atoms with Gasteiger partial charge < -0.3 is 9.32 Å². The number of rotatable bonds is 3. The van der Waals surface area contributed by atoms with Crippen molar-refractivity contribution in [1.82, 2.24) is 9.97 Å². The standard InChI is InChI=1S/C19H19N3O/c1-2-4-15(5-3-1)16-6-9-22(10-7-16)19-13-20-12-18(21-19)17-8-11-23-14-17/h1-5,8,11-14,16H,6-7,9-10H2. The Balaban J connectivity index is 1.47. The predicted octanol–water partition coefficient (Wildman–Crippen LogP) is 4.12. The molecule has 0 bridgehead atoms. The lowest BCUT2D eigenvalue weighted by atomic mass is 9.89. The Morgan fingerprint density at radius 2 is 1.83 bits per heavy atom. The van der Waals surface area contributed by atoms with Crippen LogP contribution in [-0.4, -0.2) is 23.1 Å². The largest absolute Gasteiger partial charge is 0.472 e. The highest BCUT2D eigenvalue weighted by Crippen LogP contribution is 2.30. The molecule has 4 heteroatoms. The summed E-state index contributed by atoms with van der Waals surface area (Å²) in [5.74, 6) is 1.60. The van der Waals surface area contributed by atoms with Crippen LogP contribution in [0.4, 0.5) is 5.82 Å². The van der Waals surface area contributed by atoms with Crippen molar-refractivity contribution in [3.63, 3.8) is 0 Å². The third-order valence-electron chi connectivity index (χ3n) is 4.53. The summed E-state index contributed by atoms with van der Waals surface area (Å²) in [5.41, 5.74) is 3.28. The second kappa shape index (κ2) is 6.24. The highest BCUT2D eigenvalue weighted by Gasteiger charge is 2.21. The number of hydrogen-bond acceptors (Lipinski definition) is 4. The van der Waals surface area contributed by atoms with E-state index in [0.29, 0.717) is 5.92 Å². The van der Waals surface area contributed by atoms with E-state index in [0.717, 1.165) is 43.0 Å². The van der Waals surface area contributed by atoms with E-state index >= 15 is 0 Å². The van der Waals surface area contributed by atoms with Gasteiger partial charge in [-0.05, 0) is 30.4 Å². The molecule has 0 aliphatic carbocycles. The summed E-state index contributed by atoms with van der Waals surface area (Å²) in [4.78, 5) is 11.4. The minimum atomic E-state index is 0.650. The fourth-order valence-corrected chi connectivity index (χ4v) is 3.22. The molecule has 0 amide bonds. The normalized spacial score (nSPS) is 15.7. The molecule has 1 aliphatic rings. The van der Waals surface area contributed by atoms with Gasteiger partial charge in [-0.15, -0.1) is 0 Å². The van der Waals surface area contributed by atoms with E-state index in [-0.39, 0.29) is 0 Å². The van der Waals surface area contributed by atoms with E-state index in [9.17, 15) is 0 Å². The first kappa shape index (κ1) is 14.0. The maximum atomic E-state index is 5.14. The van der Waals surface area contributed by atoms with Gasteiger partial charge in [-0.1, -0.05) is 30.3 Å². The van der Waals surface area contributed by atoms with Gasteiger partial charge in [0.1, 0.15) is 5.82 Å². The molecule has 0 unspecified atom stereocenters. The SMILES string of the molecule is c1ccc(C2CCN(c3cncc(-c4ccoc4)n3)CC2)cc1. The molecule has 116 valence electrons. The second-order valence-electron chi connectivity index (χ2n) is 5.95. The van der Waals surface area contributed by atoms with E-state index in [1.807, 2.05) is 12.3 Å². The topological polar surface area (TPSA) is 42.2 Å². The number of aromatic nitrogens is 2. The van der Waals surface area contributed by atoms with E-state index in [2.05, 4.69) is 40.2 Å². The van der Waals surface area contributed by atoms with Crippen molar-refractivity contribution in [2.24, 2.45) is 0 Å². The zero-order valence-electron chi connectivity index (χ0n) is 12.9. The molecule has 23 heavy (non-hydrogen) atoms. The van der Waals surface area contributed by atoms with Crippen molar-refractivity contribution in [2.75, 3.05) is 18.0 Å². The summed E-state index contributed by atoms with van der Waals surface area (Å²) in [6.45, 7) is 2.03. The van der Waals surface area contributed by atoms with Gasteiger partial charge in [-0.25, -0.2) is 4.98 Å².